The highest BCUT2D eigenvalue weighted by Gasteiger charge is 2.26. The Hall–Kier alpha value is -3.93. The summed E-state index contributed by atoms with van der Waals surface area (Å²) in [5, 5.41) is 0. The van der Waals surface area contributed by atoms with Crippen LogP contribution in [0, 0.1) is 5.82 Å². The van der Waals surface area contributed by atoms with Crippen molar-refractivity contribution in [1.82, 2.24) is 4.90 Å². The van der Waals surface area contributed by atoms with Gasteiger partial charge in [-0.2, -0.15) is 0 Å². The van der Waals surface area contributed by atoms with Gasteiger partial charge in [0.1, 0.15) is 23.7 Å². The van der Waals surface area contributed by atoms with Crippen molar-refractivity contribution in [2.24, 2.45) is 5.73 Å². The molecule has 1 heterocycles. The molecule has 0 saturated carbocycles. The Morgan fingerprint density at radius 2 is 1.72 bits per heavy atom. The van der Waals surface area contributed by atoms with Crippen LogP contribution in [0.2, 0.25) is 0 Å². The Labute approximate surface area is 185 Å². The maximum atomic E-state index is 13.9. The number of nitrogens with two attached hydrogens (primary N) is 1. The molecule has 6 heteroatoms. The molecule has 2 N–H and O–H groups in total. The van der Waals surface area contributed by atoms with Crippen LogP contribution >= 0.6 is 0 Å². The van der Waals surface area contributed by atoms with Crippen LogP contribution in [0.3, 0.4) is 0 Å². The number of carbonyl (C=O) groups is 2. The molecule has 0 radical (unpaired) electrons. The minimum atomic E-state index is -0.886. The standard InChI is InChI=1S/C26H23FN2O3/c27-21-9-6-11-23(24(21)25(28)30)32-17-18-12-14-20(15-13-18)26(31)29-16-5-4-10-22(29)19-7-2-1-3-8-19/h1-9,11-15,22H,10,16-17H2,(H2,28,30). The molecule has 0 aromatic heterocycles. The molecule has 1 atom stereocenters. The monoisotopic (exact) mass is 430 g/mol. The zero-order valence-corrected chi connectivity index (χ0v) is 17.4. The lowest BCUT2D eigenvalue weighted by Crippen LogP contribution is -2.36. The molecule has 4 rings (SSSR count). The summed E-state index contributed by atoms with van der Waals surface area (Å²) in [7, 11) is 0. The Kier molecular flexibility index (Phi) is 6.31. The first-order chi connectivity index (χ1) is 15.5. The molecule has 2 amide bonds. The molecule has 162 valence electrons. The largest absolute Gasteiger partial charge is 0.488 e. The zero-order valence-electron chi connectivity index (χ0n) is 17.4. The minimum absolute atomic E-state index is 0.00286. The van der Waals surface area contributed by atoms with E-state index in [0.717, 1.165) is 23.6 Å². The molecule has 0 spiro atoms. The van der Waals surface area contributed by atoms with Crippen molar-refractivity contribution >= 4 is 11.8 Å². The van der Waals surface area contributed by atoms with E-state index in [0.29, 0.717) is 12.1 Å². The molecule has 5 nitrogen and oxygen atoms in total. The molecule has 1 unspecified atom stereocenters. The normalized spacial score (nSPS) is 15.4. The van der Waals surface area contributed by atoms with Gasteiger partial charge in [0.15, 0.2) is 0 Å². The van der Waals surface area contributed by atoms with E-state index in [4.69, 9.17) is 10.5 Å². The van der Waals surface area contributed by atoms with Crippen molar-refractivity contribution in [2.45, 2.75) is 19.1 Å². The van der Waals surface area contributed by atoms with Gasteiger partial charge < -0.3 is 15.4 Å². The smallest absolute Gasteiger partial charge is 0.255 e. The lowest BCUT2D eigenvalue weighted by atomic mass is 9.98. The molecule has 32 heavy (non-hydrogen) atoms. The summed E-state index contributed by atoms with van der Waals surface area (Å²) in [6.45, 7) is 0.663. The maximum Gasteiger partial charge on any atom is 0.255 e. The van der Waals surface area contributed by atoms with Gasteiger partial charge in [0, 0.05) is 12.1 Å². The van der Waals surface area contributed by atoms with E-state index < -0.39 is 11.7 Å². The predicted octanol–water partition coefficient (Wildman–Crippen LogP) is 4.65. The number of amides is 2. The first kappa shape index (κ1) is 21.3. The fraction of sp³-hybridized carbons (Fsp3) is 0.154. The van der Waals surface area contributed by atoms with Crippen LogP contribution in [-0.4, -0.2) is 23.3 Å². The number of primary amides is 1. The van der Waals surface area contributed by atoms with Crippen LogP contribution in [0.1, 0.15) is 44.3 Å². The predicted molar refractivity (Wildman–Crippen MR) is 120 cm³/mol. The number of hydrogen-bond donors (Lipinski definition) is 1. The lowest BCUT2D eigenvalue weighted by molar-refractivity contribution is 0.0692. The molecule has 1 aliphatic heterocycles. The third-order valence-corrected chi connectivity index (χ3v) is 5.47. The van der Waals surface area contributed by atoms with E-state index in [2.05, 4.69) is 6.08 Å². The van der Waals surface area contributed by atoms with Crippen LogP contribution in [0.5, 0.6) is 5.75 Å². The quantitative estimate of drug-likeness (QED) is 0.579. The van der Waals surface area contributed by atoms with Crippen molar-refractivity contribution in [1.29, 1.82) is 0 Å². The first-order valence-corrected chi connectivity index (χ1v) is 10.4. The van der Waals surface area contributed by atoms with E-state index in [1.807, 2.05) is 41.3 Å². The second-order valence-corrected chi connectivity index (χ2v) is 7.55. The van der Waals surface area contributed by atoms with Gasteiger partial charge in [0.25, 0.3) is 11.8 Å². The summed E-state index contributed by atoms with van der Waals surface area (Å²) in [5.41, 5.74) is 7.44. The van der Waals surface area contributed by atoms with Crippen molar-refractivity contribution in [3.8, 4) is 5.75 Å². The first-order valence-electron chi connectivity index (χ1n) is 10.4. The van der Waals surface area contributed by atoms with Gasteiger partial charge in [-0.3, -0.25) is 9.59 Å². The average Bonchev–Trinajstić information content (AvgIpc) is 2.83. The average molecular weight is 430 g/mol. The number of nitrogens with zero attached hydrogens (tertiary/aromatic N) is 1. The van der Waals surface area contributed by atoms with Gasteiger partial charge >= 0.3 is 0 Å². The fourth-order valence-corrected chi connectivity index (χ4v) is 3.82. The summed E-state index contributed by atoms with van der Waals surface area (Å²) in [6.07, 6.45) is 4.89. The number of rotatable bonds is 6. The highest BCUT2D eigenvalue weighted by Crippen LogP contribution is 2.29. The summed E-state index contributed by atoms with van der Waals surface area (Å²) in [5.74, 6) is -1.57. The highest BCUT2D eigenvalue weighted by molar-refractivity contribution is 5.96. The molecular weight excluding hydrogens is 407 g/mol. The third-order valence-electron chi connectivity index (χ3n) is 5.47. The van der Waals surface area contributed by atoms with Crippen molar-refractivity contribution < 1.29 is 18.7 Å². The van der Waals surface area contributed by atoms with Gasteiger partial charge in [0.05, 0.1) is 6.04 Å². The van der Waals surface area contributed by atoms with E-state index in [1.165, 1.54) is 12.1 Å². The summed E-state index contributed by atoms with van der Waals surface area (Å²) in [6, 6.07) is 21.2. The number of hydrogen-bond acceptors (Lipinski definition) is 3. The molecule has 0 aliphatic carbocycles. The molecule has 1 aliphatic rings. The van der Waals surface area contributed by atoms with E-state index in [-0.39, 0.29) is 29.9 Å². The van der Waals surface area contributed by atoms with Crippen LogP contribution in [0.15, 0.2) is 84.9 Å². The van der Waals surface area contributed by atoms with Crippen LogP contribution in [0.4, 0.5) is 4.39 Å². The highest BCUT2D eigenvalue weighted by atomic mass is 19.1. The summed E-state index contributed by atoms with van der Waals surface area (Å²) < 4.78 is 19.5. The van der Waals surface area contributed by atoms with Gasteiger partial charge in [-0.1, -0.05) is 60.7 Å². The van der Waals surface area contributed by atoms with Gasteiger partial charge in [-0.25, -0.2) is 4.39 Å². The number of halogens is 1. The summed E-state index contributed by atoms with van der Waals surface area (Å²) >= 11 is 0. The second kappa shape index (κ2) is 9.47. The lowest BCUT2D eigenvalue weighted by Gasteiger charge is -2.33. The summed E-state index contributed by atoms with van der Waals surface area (Å²) in [4.78, 5) is 26.6. The Morgan fingerprint density at radius 1 is 0.969 bits per heavy atom. The van der Waals surface area contributed by atoms with Crippen molar-refractivity contribution in [3.63, 3.8) is 0 Å². The fourth-order valence-electron chi connectivity index (χ4n) is 3.82. The van der Waals surface area contributed by atoms with Crippen LogP contribution in [0.25, 0.3) is 0 Å². The third kappa shape index (κ3) is 4.54. The maximum absolute atomic E-state index is 13.9. The SMILES string of the molecule is NC(=O)c1c(F)cccc1OCc1ccc(C(=O)N2CC=CCC2c2ccccc2)cc1. The van der Waals surface area contributed by atoms with Gasteiger partial charge in [0.2, 0.25) is 0 Å². The number of ether oxygens (including phenoxy) is 1. The molecule has 3 aromatic rings. The van der Waals surface area contributed by atoms with Crippen molar-refractivity contribution in [3.05, 3.63) is 113 Å². The molecular formula is C26H23FN2O3. The molecule has 3 aromatic carbocycles. The molecule has 0 bridgehead atoms. The van der Waals surface area contributed by atoms with Gasteiger partial charge in [-0.15, -0.1) is 0 Å². The Morgan fingerprint density at radius 3 is 2.44 bits per heavy atom. The molecule has 0 saturated heterocycles. The molecule has 0 fully saturated rings. The van der Waals surface area contributed by atoms with E-state index in [9.17, 15) is 14.0 Å². The zero-order chi connectivity index (χ0) is 22.5. The number of benzene rings is 3. The Bertz CT molecular complexity index is 1140. The van der Waals surface area contributed by atoms with Crippen molar-refractivity contribution in [2.75, 3.05) is 6.54 Å². The topological polar surface area (TPSA) is 72.6 Å². The van der Waals surface area contributed by atoms with Gasteiger partial charge in [-0.05, 0) is 41.8 Å². The second-order valence-electron chi connectivity index (χ2n) is 7.55. The van der Waals surface area contributed by atoms with E-state index in [1.54, 1.807) is 24.3 Å². The van der Waals surface area contributed by atoms with E-state index >= 15 is 0 Å². The Balaban J connectivity index is 1.47. The minimum Gasteiger partial charge on any atom is -0.488 e. The number of carbonyl (C=O) groups excluding carboxylic acids is 2. The van der Waals surface area contributed by atoms with Crippen LogP contribution < -0.4 is 10.5 Å². The van der Waals surface area contributed by atoms with Crippen LogP contribution in [-0.2, 0) is 6.61 Å².